The summed E-state index contributed by atoms with van der Waals surface area (Å²) in [5.41, 5.74) is 10.2. The van der Waals surface area contributed by atoms with Gasteiger partial charge in [-0.3, -0.25) is 4.79 Å². The number of benzene rings is 2. The molecule has 0 amide bonds. The number of halogens is 1. The molecule has 0 saturated heterocycles. The third-order valence-electron chi connectivity index (χ3n) is 4.88. The Balaban J connectivity index is 0.00000300. The number of carbonyl (C=O) groups excluding carboxylic acids is 1. The van der Waals surface area contributed by atoms with Crippen LogP contribution in [-0.4, -0.2) is 17.6 Å². The van der Waals surface area contributed by atoms with E-state index in [1.807, 2.05) is 31.2 Å². The van der Waals surface area contributed by atoms with Crippen molar-refractivity contribution in [2.24, 2.45) is 11.7 Å². The van der Waals surface area contributed by atoms with E-state index < -0.39 is 5.97 Å². The molecule has 5 nitrogen and oxygen atoms in total. The molecule has 0 atom stereocenters. The molecule has 6 heteroatoms. The summed E-state index contributed by atoms with van der Waals surface area (Å²) in [5.74, 6) is -0.141. The van der Waals surface area contributed by atoms with Crippen LogP contribution in [0.5, 0.6) is 0 Å². The summed E-state index contributed by atoms with van der Waals surface area (Å²) in [6, 6.07) is 13.2. The number of hydrogen-bond acceptors (Lipinski definition) is 4. The van der Waals surface area contributed by atoms with E-state index in [2.05, 4.69) is 13.8 Å². The number of carbonyl (C=O) groups is 1. The standard InChI is InChI=1S/C23H26N2O3.ClH/c1-14(2)13-25-20(12-24)21(16-7-5-15(3)6-8-16)19-11-17(23(27)28-4)9-10-18(19)22(25)26;/h5-11,14H,12-13,24H2,1-4H3;1H. The molecule has 0 aliphatic heterocycles. The zero-order chi connectivity index (χ0) is 20.4. The first-order valence-electron chi connectivity index (χ1n) is 9.42. The smallest absolute Gasteiger partial charge is 0.337 e. The summed E-state index contributed by atoms with van der Waals surface area (Å²) in [6.07, 6.45) is 0. The average molecular weight is 415 g/mol. The minimum atomic E-state index is -0.433. The quantitative estimate of drug-likeness (QED) is 0.631. The van der Waals surface area contributed by atoms with Gasteiger partial charge in [-0.25, -0.2) is 4.79 Å². The largest absolute Gasteiger partial charge is 0.465 e. The van der Waals surface area contributed by atoms with Gasteiger partial charge in [-0.1, -0.05) is 43.7 Å². The molecule has 1 aromatic heterocycles. The SMILES string of the molecule is COC(=O)c1ccc2c(=O)n(CC(C)C)c(CN)c(-c3ccc(C)cc3)c2c1.Cl. The molecule has 3 aromatic rings. The van der Waals surface area contributed by atoms with Crippen molar-refractivity contribution < 1.29 is 9.53 Å². The monoisotopic (exact) mass is 414 g/mol. The van der Waals surface area contributed by atoms with Gasteiger partial charge in [0.15, 0.2) is 0 Å². The molecule has 0 aliphatic rings. The Bertz CT molecular complexity index is 1090. The Morgan fingerprint density at radius 1 is 1.10 bits per heavy atom. The van der Waals surface area contributed by atoms with Crippen molar-refractivity contribution >= 4 is 29.1 Å². The third-order valence-corrected chi connectivity index (χ3v) is 4.88. The molecule has 29 heavy (non-hydrogen) atoms. The lowest BCUT2D eigenvalue weighted by atomic mass is 9.94. The number of fused-ring (bicyclic) bond motifs is 1. The number of aromatic nitrogens is 1. The maximum absolute atomic E-state index is 13.2. The summed E-state index contributed by atoms with van der Waals surface area (Å²) in [4.78, 5) is 25.3. The summed E-state index contributed by atoms with van der Waals surface area (Å²) in [6.45, 7) is 6.98. The molecular weight excluding hydrogens is 388 g/mol. The Morgan fingerprint density at radius 3 is 2.31 bits per heavy atom. The Kier molecular flexibility index (Phi) is 7.22. The minimum absolute atomic E-state index is 0. The zero-order valence-corrected chi connectivity index (χ0v) is 18.0. The van der Waals surface area contributed by atoms with Gasteiger partial charge in [-0.05, 0) is 42.0 Å². The maximum Gasteiger partial charge on any atom is 0.337 e. The lowest BCUT2D eigenvalue weighted by molar-refractivity contribution is 0.0601. The predicted octanol–water partition coefficient (Wildman–Crippen LogP) is 4.30. The number of pyridine rings is 1. The topological polar surface area (TPSA) is 74.3 Å². The van der Waals surface area contributed by atoms with Crippen LogP contribution in [0.1, 0.15) is 35.5 Å². The summed E-state index contributed by atoms with van der Waals surface area (Å²) in [5, 5.41) is 1.29. The van der Waals surface area contributed by atoms with Gasteiger partial charge in [0.25, 0.3) is 5.56 Å². The van der Waals surface area contributed by atoms with Gasteiger partial charge < -0.3 is 15.0 Å². The zero-order valence-electron chi connectivity index (χ0n) is 17.2. The summed E-state index contributed by atoms with van der Waals surface area (Å²) in [7, 11) is 1.35. The van der Waals surface area contributed by atoms with Crippen LogP contribution in [0.2, 0.25) is 0 Å². The number of nitrogens with zero attached hydrogens (tertiary/aromatic N) is 1. The van der Waals surface area contributed by atoms with Gasteiger partial charge in [-0.2, -0.15) is 0 Å². The average Bonchev–Trinajstić information content (AvgIpc) is 2.69. The number of rotatable bonds is 5. The number of methoxy groups -OCH3 is 1. The van der Waals surface area contributed by atoms with E-state index in [1.54, 1.807) is 22.8 Å². The second kappa shape index (κ2) is 9.25. The predicted molar refractivity (Wildman–Crippen MR) is 120 cm³/mol. The highest BCUT2D eigenvalue weighted by Gasteiger charge is 2.19. The van der Waals surface area contributed by atoms with Crippen LogP contribution in [-0.2, 0) is 17.8 Å². The fourth-order valence-corrected chi connectivity index (χ4v) is 3.55. The molecule has 0 radical (unpaired) electrons. The molecule has 2 N–H and O–H groups in total. The number of esters is 1. The van der Waals surface area contributed by atoms with Crippen LogP contribution in [0.3, 0.4) is 0 Å². The normalized spacial score (nSPS) is 10.8. The van der Waals surface area contributed by atoms with Gasteiger partial charge in [0, 0.05) is 29.7 Å². The van der Waals surface area contributed by atoms with Crippen LogP contribution in [0.15, 0.2) is 47.3 Å². The molecule has 2 aromatic carbocycles. The highest BCUT2D eigenvalue weighted by atomic mass is 35.5. The van der Waals surface area contributed by atoms with Crippen LogP contribution < -0.4 is 11.3 Å². The Morgan fingerprint density at radius 2 is 1.76 bits per heavy atom. The van der Waals surface area contributed by atoms with Crippen LogP contribution in [0, 0.1) is 12.8 Å². The van der Waals surface area contributed by atoms with Crippen molar-refractivity contribution in [3.63, 3.8) is 0 Å². The van der Waals surface area contributed by atoms with E-state index in [1.165, 1.54) is 7.11 Å². The molecule has 0 spiro atoms. The van der Waals surface area contributed by atoms with E-state index in [0.29, 0.717) is 23.4 Å². The fraction of sp³-hybridized carbons (Fsp3) is 0.304. The van der Waals surface area contributed by atoms with Gasteiger partial charge in [-0.15, -0.1) is 12.4 Å². The van der Waals surface area contributed by atoms with E-state index in [4.69, 9.17) is 10.5 Å². The van der Waals surface area contributed by atoms with E-state index in [9.17, 15) is 9.59 Å². The molecular formula is C23H27ClN2O3. The molecule has 3 rings (SSSR count). The highest BCUT2D eigenvalue weighted by Crippen LogP contribution is 2.32. The van der Waals surface area contributed by atoms with Crippen LogP contribution in [0.25, 0.3) is 21.9 Å². The van der Waals surface area contributed by atoms with Crippen molar-refractivity contribution in [3.8, 4) is 11.1 Å². The first kappa shape index (κ1) is 22.7. The third kappa shape index (κ3) is 4.36. The lowest BCUT2D eigenvalue weighted by Gasteiger charge is -2.21. The van der Waals surface area contributed by atoms with Crippen molar-refractivity contribution in [3.05, 3.63) is 69.6 Å². The second-order valence-corrected chi connectivity index (χ2v) is 7.45. The molecule has 0 aliphatic carbocycles. The van der Waals surface area contributed by atoms with Crippen molar-refractivity contribution in [2.45, 2.75) is 33.9 Å². The minimum Gasteiger partial charge on any atom is -0.465 e. The van der Waals surface area contributed by atoms with Gasteiger partial charge in [0.2, 0.25) is 0 Å². The number of nitrogens with two attached hydrogens (primary N) is 1. The van der Waals surface area contributed by atoms with E-state index in [-0.39, 0.29) is 24.5 Å². The van der Waals surface area contributed by atoms with Gasteiger partial charge in [0.05, 0.1) is 12.7 Å². The van der Waals surface area contributed by atoms with Crippen LogP contribution in [0.4, 0.5) is 0 Å². The first-order chi connectivity index (χ1) is 13.4. The number of aryl methyl sites for hydroxylation is 1. The molecule has 0 saturated carbocycles. The fourth-order valence-electron chi connectivity index (χ4n) is 3.55. The van der Waals surface area contributed by atoms with Crippen molar-refractivity contribution in [2.75, 3.05) is 7.11 Å². The van der Waals surface area contributed by atoms with Crippen molar-refractivity contribution in [1.82, 2.24) is 4.57 Å². The number of hydrogen-bond donors (Lipinski definition) is 1. The molecule has 154 valence electrons. The van der Waals surface area contributed by atoms with Crippen LogP contribution >= 0.6 is 12.4 Å². The first-order valence-corrected chi connectivity index (χ1v) is 9.42. The summed E-state index contributed by atoms with van der Waals surface area (Å²) >= 11 is 0. The molecule has 0 unspecified atom stereocenters. The maximum atomic E-state index is 13.2. The van der Waals surface area contributed by atoms with Gasteiger partial charge >= 0.3 is 5.97 Å². The lowest BCUT2D eigenvalue weighted by Crippen LogP contribution is -2.28. The molecule has 0 bridgehead atoms. The Hall–Kier alpha value is -2.63. The second-order valence-electron chi connectivity index (χ2n) is 7.45. The van der Waals surface area contributed by atoms with E-state index in [0.717, 1.165) is 27.8 Å². The number of ether oxygens (including phenoxy) is 1. The highest BCUT2D eigenvalue weighted by molar-refractivity contribution is 6.02. The summed E-state index contributed by atoms with van der Waals surface area (Å²) < 4.78 is 6.64. The van der Waals surface area contributed by atoms with Crippen molar-refractivity contribution in [1.29, 1.82) is 0 Å². The Labute approximate surface area is 176 Å². The van der Waals surface area contributed by atoms with E-state index >= 15 is 0 Å². The molecule has 1 heterocycles. The van der Waals surface area contributed by atoms with Gasteiger partial charge in [0.1, 0.15) is 0 Å². The molecule has 0 fully saturated rings.